The minimum absolute atomic E-state index is 0.578. The van der Waals surface area contributed by atoms with E-state index in [4.69, 9.17) is 15.2 Å². The molecule has 0 unspecified atom stereocenters. The number of rotatable bonds is 4. The minimum atomic E-state index is -0.788. The molecule has 1 atom stereocenters. The maximum absolute atomic E-state index is 10.4. The molecule has 0 aliphatic rings. The predicted octanol–water partition coefficient (Wildman–Crippen LogP) is 2.37. The van der Waals surface area contributed by atoms with Crippen molar-refractivity contribution in [2.45, 2.75) is 6.10 Å². The van der Waals surface area contributed by atoms with Crippen LogP contribution in [0, 0.1) is 0 Å². The van der Waals surface area contributed by atoms with Crippen molar-refractivity contribution in [2.24, 2.45) is 0 Å². The number of hydrogen-bond acceptors (Lipinski definition) is 4. The molecule has 0 bridgehead atoms. The zero-order valence-electron chi connectivity index (χ0n) is 11.0. The highest BCUT2D eigenvalue weighted by Gasteiger charge is 2.16. The maximum atomic E-state index is 10.4. The first-order chi connectivity index (χ1) is 9.15. The molecule has 0 amide bonds. The van der Waals surface area contributed by atoms with E-state index < -0.39 is 6.10 Å². The molecule has 0 aliphatic heterocycles. The summed E-state index contributed by atoms with van der Waals surface area (Å²) in [6, 6.07) is 12.5. The number of aliphatic hydroxyl groups excluding tert-OH is 1. The summed E-state index contributed by atoms with van der Waals surface area (Å²) < 4.78 is 10.4. The van der Waals surface area contributed by atoms with E-state index in [1.165, 1.54) is 0 Å². The molecule has 0 saturated heterocycles. The van der Waals surface area contributed by atoms with E-state index in [0.717, 1.165) is 5.56 Å². The molecule has 0 fully saturated rings. The van der Waals surface area contributed by atoms with Crippen LogP contribution < -0.4 is 15.2 Å². The normalized spacial score (nSPS) is 11.9. The monoisotopic (exact) mass is 259 g/mol. The second kappa shape index (κ2) is 5.63. The Labute approximate surface area is 112 Å². The number of nitrogens with two attached hydrogens (primary N) is 1. The molecular weight excluding hydrogens is 242 g/mol. The van der Waals surface area contributed by atoms with E-state index in [1.807, 2.05) is 12.1 Å². The molecule has 0 spiro atoms. The van der Waals surface area contributed by atoms with Gasteiger partial charge in [0, 0.05) is 17.3 Å². The molecule has 0 aliphatic carbocycles. The third-order valence-corrected chi connectivity index (χ3v) is 2.96. The van der Waals surface area contributed by atoms with E-state index in [2.05, 4.69) is 0 Å². The van der Waals surface area contributed by atoms with Gasteiger partial charge in [0.2, 0.25) is 0 Å². The first-order valence-electron chi connectivity index (χ1n) is 5.91. The summed E-state index contributed by atoms with van der Waals surface area (Å²) >= 11 is 0. The van der Waals surface area contributed by atoms with Crippen LogP contribution in [0.15, 0.2) is 42.5 Å². The number of hydrogen-bond donors (Lipinski definition) is 2. The molecule has 0 aromatic heterocycles. The lowest BCUT2D eigenvalue weighted by molar-refractivity contribution is 0.214. The Hall–Kier alpha value is -2.20. The van der Waals surface area contributed by atoms with E-state index in [1.54, 1.807) is 44.6 Å². The van der Waals surface area contributed by atoms with Crippen molar-refractivity contribution in [1.82, 2.24) is 0 Å². The van der Waals surface area contributed by atoms with Crippen LogP contribution in [-0.4, -0.2) is 19.3 Å². The van der Waals surface area contributed by atoms with Crippen LogP contribution in [0.4, 0.5) is 5.69 Å². The number of methoxy groups -OCH3 is 2. The fourth-order valence-electron chi connectivity index (χ4n) is 1.95. The van der Waals surface area contributed by atoms with Gasteiger partial charge in [0.15, 0.2) is 0 Å². The maximum Gasteiger partial charge on any atom is 0.128 e. The molecule has 4 nitrogen and oxygen atoms in total. The molecule has 4 heteroatoms. The van der Waals surface area contributed by atoms with Gasteiger partial charge in [-0.2, -0.15) is 0 Å². The van der Waals surface area contributed by atoms with Crippen molar-refractivity contribution in [1.29, 1.82) is 0 Å². The van der Waals surface area contributed by atoms with Gasteiger partial charge in [-0.1, -0.05) is 12.1 Å². The molecule has 0 heterocycles. The van der Waals surface area contributed by atoms with Crippen LogP contribution in [0.5, 0.6) is 11.5 Å². The number of nitrogen functional groups attached to an aromatic ring is 1. The Morgan fingerprint density at radius 1 is 1.05 bits per heavy atom. The summed E-state index contributed by atoms with van der Waals surface area (Å²) in [6.45, 7) is 0. The highest BCUT2D eigenvalue weighted by atomic mass is 16.5. The molecule has 2 rings (SSSR count). The van der Waals surface area contributed by atoms with Crippen molar-refractivity contribution < 1.29 is 14.6 Å². The highest BCUT2D eigenvalue weighted by Crippen LogP contribution is 2.33. The molecule has 0 radical (unpaired) electrons. The highest BCUT2D eigenvalue weighted by molar-refractivity contribution is 5.48. The lowest BCUT2D eigenvalue weighted by Gasteiger charge is -2.16. The molecule has 2 aromatic rings. The van der Waals surface area contributed by atoms with E-state index in [9.17, 15) is 5.11 Å². The number of anilines is 1. The van der Waals surface area contributed by atoms with E-state index >= 15 is 0 Å². The van der Waals surface area contributed by atoms with Crippen LogP contribution in [0.2, 0.25) is 0 Å². The average Bonchev–Trinajstić information content (AvgIpc) is 2.45. The van der Waals surface area contributed by atoms with Crippen LogP contribution in [0.3, 0.4) is 0 Å². The fourth-order valence-corrected chi connectivity index (χ4v) is 1.95. The van der Waals surface area contributed by atoms with Crippen LogP contribution in [0.1, 0.15) is 17.2 Å². The Morgan fingerprint density at radius 3 is 2.47 bits per heavy atom. The van der Waals surface area contributed by atoms with Crippen LogP contribution in [-0.2, 0) is 0 Å². The number of ether oxygens (including phenoxy) is 2. The third-order valence-electron chi connectivity index (χ3n) is 2.96. The summed E-state index contributed by atoms with van der Waals surface area (Å²) in [5, 5.41) is 10.4. The molecule has 0 saturated carbocycles. The lowest BCUT2D eigenvalue weighted by Crippen LogP contribution is -2.03. The van der Waals surface area contributed by atoms with Crippen LogP contribution >= 0.6 is 0 Å². The SMILES string of the molecule is COc1ccc([C@H](O)c2cccc(N)c2)c(OC)c1. The molecule has 19 heavy (non-hydrogen) atoms. The minimum Gasteiger partial charge on any atom is -0.497 e. The van der Waals surface area contributed by atoms with Gasteiger partial charge in [-0.15, -0.1) is 0 Å². The second-order valence-electron chi connectivity index (χ2n) is 4.18. The smallest absolute Gasteiger partial charge is 0.128 e. The standard InChI is InChI=1S/C15H17NO3/c1-18-12-6-7-13(14(9-12)19-2)15(17)10-4-3-5-11(16)8-10/h3-9,15,17H,16H2,1-2H3/t15-/m1/s1. The summed E-state index contributed by atoms with van der Waals surface area (Å²) in [5.41, 5.74) is 7.74. The lowest BCUT2D eigenvalue weighted by atomic mass is 10.00. The van der Waals surface area contributed by atoms with Crippen molar-refractivity contribution in [3.63, 3.8) is 0 Å². The van der Waals surface area contributed by atoms with Crippen LogP contribution in [0.25, 0.3) is 0 Å². The second-order valence-corrected chi connectivity index (χ2v) is 4.18. The van der Waals surface area contributed by atoms with Gasteiger partial charge >= 0.3 is 0 Å². The zero-order chi connectivity index (χ0) is 13.8. The summed E-state index contributed by atoms with van der Waals surface area (Å²) in [6.07, 6.45) is -0.788. The van der Waals surface area contributed by atoms with Crippen molar-refractivity contribution in [3.05, 3.63) is 53.6 Å². The van der Waals surface area contributed by atoms with Crippen molar-refractivity contribution in [3.8, 4) is 11.5 Å². The summed E-state index contributed by atoms with van der Waals surface area (Å²) in [4.78, 5) is 0. The number of aliphatic hydroxyl groups is 1. The van der Waals surface area contributed by atoms with Gasteiger partial charge in [0.25, 0.3) is 0 Å². The zero-order valence-corrected chi connectivity index (χ0v) is 11.0. The fraction of sp³-hybridized carbons (Fsp3) is 0.200. The van der Waals surface area contributed by atoms with Gasteiger partial charge in [-0.25, -0.2) is 0 Å². The summed E-state index contributed by atoms with van der Waals surface area (Å²) in [7, 11) is 3.15. The van der Waals surface area contributed by atoms with Gasteiger partial charge in [-0.05, 0) is 29.8 Å². The quantitative estimate of drug-likeness (QED) is 0.827. The first kappa shape index (κ1) is 13.2. The topological polar surface area (TPSA) is 64.7 Å². The van der Waals surface area contributed by atoms with Gasteiger partial charge in [0.1, 0.15) is 17.6 Å². The van der Waals surface area contributed by atoms with Crippen molar-refractivity contribution >= 4 is 5.69 Å². The van der Waals surface area contributed by atoms with E-state index in [0.29, 0.717) is 22.7 Å². The average molecular weight is 259 g/mol. The largest absolute Gasteiger partial charge is 0.497 e. The predicted molar refractivity (Wildman–Crippen MR) is 74.5 cm³/mol. The molecular formula is C15H17NO3. The Kier molecular flexibility index (Phi) is 3.92. The third kappa shape index (κ3) is 2.80. The number of benzene rings is 2. The molecule has 3 N–H and O–H groups in total. The molecule has 100 valence electrons. The van der Waals surface area contributed by atoms with Gasteiger partial charge in [0.05, 0.1) is 14.2 Å². The Balaban J connectivity index is 2.40. The van der Waals surface area contributed by atoms with Gasteiger partial charge in [-0.3, -0.25) is 0 Å². The first-order valence-corrected chi connectivity index (χ1v) is 5.91. The molecule has 2 aromatic carbocycles. The Morgan fingerprint density at radius 2 is 1.84 bits per heavy atom. The van der Waals surface area contributed by atoms with Gasteiger partial charge < -0.3 is 20.3 Å². The van der Waals surface area contributed by atoms with Crippen molar-refractivity contribution in [2.75, 3.05) is 20.0 Å². The van der Waals surface area contributed by atoms with E-state index in [-0.39, 0.29) is 0 Å². The summed E-state index contributed by atoms with van der Waals surface area (Å²) in [5.74, 6) is 1.26. The Bertz CT molecular complexity index is 569.